The molecule has 0 aliphatic carbocycles. The molecule has 1 heterocycles. The smallest absolute Gasteiger partial charge is 0.252 e. The van der Waals surface area contributed by atoms with Crippen LogP contribution in [0.25, 0.3) is 0 Å². The minimum Gasteiger partial charge on any atom is -0.354 e. The third kappa shape index (κ3) is 4.89. The van der Waals surface area contributed by atoms with Gasteiger partial charge in [0, 0.05) is 31.5 Å². The van der Waals surface area contributed by atoms with Gasteiger partial charge in [-0.25, -0.2) is 0 Å². The van der Waals surface area contributed by atoms with Crippen LogP contribution >= 0.6 is 0 Å². The second-order valence-corrected chi connectivity index (χ2v) is 5.51. The molecule has 2 aromatic rings. The van der Waals surface area contributed by atoms with E-state index in [2.05, 4.69) is 15.6 Å². The summed E-state index contributed by atoms with van der Waals surface area (Å²) in [5, 5.41) is 5.52. The van der Waals surface area contributed by atoms with E-state index in [9.17, 15) is 9.59 Å². The van der Waals surface area contributed by atoms with Crippen LogP contribution in [-0.4, -0.2) is 29.9 Å². The molecule has 0 radical (unpaired) electrons. The number of nitrogens with one attached hydrogen (secondary N) is 2. The predicted octanol–water partition coefficient (Wildman–Crippen LogP) is 1.26. The van der Waals surface area contributed by atoms with Crippen LogP contribution in [0.4, 0.5) is 0 Å². The molecule has 1 aromatic carbocycles. The number of carbonyl (C=O) groups excluding carboxylic acids is 2. The number of nitrogens with zero attached hydrogens (tertiary/aromatic N) is 1. The molecule has 2 amide bonds. The third-order valence-electron chi connectivity index (χ3n) is 3.77. The first kappa shape index (κ1) is 17.6. The molecule has 6 nitrogen and oxygen atoms in total. The van der Waals surface area contributed by atoms with E-state index in [1.54, 1.807) is 25.3 Å². The summed E-state index contributed by atoms with van der Waals surface area (Å²) < 4.78 is 0. The van der Waals surface area contributed by atoms with Gasteiger partial charge in [-0.1, -0.05) is 37.3 Å². The van der Waals surface area contributed by atoms with Gasteiger partial charge in [-0.05, 0) is 17.7 Å². The Hall–Kier alpha value is -2.73. The molecule has 1 aromatic heterocycles. The Bertz CT molecular complexity index is 661. The lowest BCUT2D eigenvalue weighted by atomic mass is 9.95. The molecule has 6 heteroatoms. The maximum Gasteiger partial charge on any atom is 0.252 e. The number of pyridine rings is 1. The van der Waals surface area contributed by atoms with E-state index in [-0.39, 0.29) is 23.8 Å². The first-order chi connectivity index (χ1) is 11.6. The second-order valence-electron chi connectivity index (χ2n) is 5.51. The molecule has 126 valence electrons. The monoisotopic (exact) mass is 326 g/mol. The molecule has 0 saturated carbocycles. The van der Waals surface area contributed by atoms with Crippen molar-refractivity contribution >= 4 is 11.8 Å². The number of aromatic nitrogens is 1. The van der Waals surface area contributed by atoms with Crippen LogP contribution in [0.2, 0.25) is 0 Å². The van der Waals surface area contributed by atoms with Gasteiger partial charge in [0.25, 0.3) is 5.91 Å². The van der Waals surface area contributed by atoms with Crippen LogP contribution in [0.3, 0.4) is 0 Å². The number of carbonyl (C=O) groups is 2. The molecule has 2 unspecified atom stereocenters. The lowest BCUT2D eigenvalue weighted by molar-refractivity contribution is -0.125. The molecule has 0 bridgehead atoms. The number of hydrogen-bond acceptors (Lipinski definition) is 4. The van der Waals surface area contributed by atoms with Gasteiger partial charge in [0.1, 0.15) is 0 Å². The third-order valence-corrected chi connectivity index (χ3v) is 3.77. The Labute approximate surface area is 141 Å². The van der Waals surface area contributed by atoms with Crippen LogP contribution in [0.1, 0.15) is 28.9 Å². The van der Waals surface area contributed by atoms with Gasteiger partial charge in [-0.15, -0.1) is 0 Å². The number of benzene rings is 1. The van der Waals surface area contributed by atoms with Gasteiger partial charge in [0.15, 0.2) is 0 Å². The van der Waals surface area contributed by atoms with E-state index in [0.717, 1.165) is 5.56 Å². The standard InChI is InChI=1S/C18H22N4O2/c1-13(16(19)14-6-3-2-4-7-14)17(23)21-10-11-22-18(24)15-8-5-9-20-12-15/h2-9,12-13,16H,10-11,19H2,1H3,(H,21,23)(H,22,24). The van der Waals surface area contributed by atoms with Crippen LogP contribution in [0, 0.1) is 5.92 Å². The van der Waals surface area contributed by atoms with Crippen molar-refractivity contribution in [3.8, 4) is 0 Å². The summed E-state index contributed by atoms with van der Waals surface area (Å²) in [6.07, 6.45) is 3.10. The van der Waals surface area contributed by atoms with Crippen molar-refractivity contribution in [3.05, 3.63) is 66.0 Å². The zero-order valence-corrected chi connectivity index (χ0v) is 13.6. The summed E-state index contributed by atoms with van der Waals surface area (Å²) in [4.78, 5) is 27.9. The fourth-order valence-corrected chi connectivity index (χ4v) is 2.25. The number of amides is 2. The maximum atomic E-state index is 12.2. The van der Waals surface area contributed by atoms with E-state index in [1.165, 1.54) is 6.20 Å². The van der Waals surface area contributed by atoms with E-state index in [4.69, 9.17) is 5.73 Å². The van der Waals surface area contributed by atoms with Crippen molar-refractivity contribution < 1.29 is 9.59 Å². The number of rotatable bonds is 7. The predicted molar refractivity (Wildman–Crippen MR) is 92.1 cm³/mol. The Balaban J connectivity index is 1.74. The summed E-state index contributed by atoms with van der Waals surface area (Å²) in [6, 6.07) is 12.5. The summed E-state index contributed by atoms with van der Waals surface area (Å²) in [7, 11) is 0. The van der Waals surface area contributed by atoms with Gasteiger partial charge in [0.2, 0.25) is 5.91 Å². The van der Waals surface area contributed by atoms with Crippen molar-refractivity contribution in [1.82, 2.24) is 15.6 Å². The topological polar surface area (TPSA) is 97.1 Å². The van der Waals surface area contributed by atoms with Crippen molar-refractivity contribution in [3.63, 3.8) is 0 Å². The van der Waals surface area contributed by atoms with Crippen LogP contribution in [-0.2, 0) is 4.79 Å². The average molecular weight is 326 g/mol. The molecule has 4 N–H and O–H groups in total. The normalized spacial score (nSPS) is 12.9. The summed E-state index contributed by atoms with van der Waals surface area (Å²) in [5.41, 5.74) is 7.54. The number of hydrogen-bond donors (Lipinski definition) is 3. The minimum absolute atomic E-state index is 0.137. The summed E-state index contributed by atoms with van der Waals surface area (Å²) in [6.45, 7) is 2.48. The van der Waals surface area contributed by atoms with Crippen LogP contribution in [0.15, 0.2) is 54.9 Å². The van der Waals surface area contributed by atoms with Crippen molar-refractivity contribution in [2.75, 3.05) is 13.1 Å². The molecule has 2 rings (SSSR count). The zero-order chi connectivity index (χ0) is 17.4. The second kappa shape index (κ2) is 8.79. The van der Waals surface area contributed by atoms with Crippen molar-refractivity contribution in [1.29, 1.82) is 0 Å². The highest BCUT2D eigenvalue weighted by Gasteiger charge is 2.21. The molecule has 0 aliphatic rings. The lowest BCUT2D eigenvalue weighted by Crippen LogP contribution is -2.39. The molecule has 0 fully saturated rings. The van der Waals surface area contributed by atoms with E-state index in [0.29, 0.717) is 18.7 Å². The molecule has 2 atom stereocenters. The van der Waals surface area contributed by atoms with Crippen LogP contribution < -0.4 is 16.4 Å². The molecule has 0 aliphatic heterocycles. The molecule has 24 heavy (non-hydrogen) atoms. The van der Waals surface area contributed by atoms with Gasteiger partial charge in [-0.2, -0.15) is 0 Å². The first-order valence-electron chi connectivity index (χ1n) is 7.86. The Morgan fingerprint density at radius 1 is 1.08 bits per heavy atom. The number of nitrogens with two attached hydrogens (primary N) is 1. The molecule has 0 saturated heterocycles. The van der Waals surface area contributed by atoms with Gasteiger partial charge in [-0.3, -0.25) is 14.6 Å². The van der Waals surface area contributed by atoms with Crippen molar-refractivity contribution in [2.45, 2.75) is 13.0 Å². The van der Waals surface area contributed by atoms with E-state index >= 15 is 0 Å². The maximum absolute atomic E-state index is 12.2. The summed E-state index contributed by atoms with van der Waals surface area (Å²) in [5.74, 6) is -0.713. The Kier molecular flexibility index (Phi) is 6.45. The highest BCUT2D eigenvalue weighted by Crippen LogP contribution is 2.18. The van der Waals surface area contributed by atoms with Gasteiger partial charge >= 0.3 is 0 Å². The fourth-order valence-electron chi connectivity index (χ4n) is 2.25. The SMILES string of the molecule is CC(C(=O)NCCNC(=O)c1cccnc1)C(N)c1ccccc1. The highest BCUT2D eigenvalue weighted by atomic mass is 16.2. The zero-order valence-electron chi connectivity index (χ0n) is 13.6. The van der Waals surface area contributed by atoms with E-state index < -0.39 is 0 Å². The minimum atomic E-state index is -0.365. The molecular formula is C18H22N4O2. The first-order valence-corrected chi connectivity index (χ1v) is 7.86. The van der Waals surface area contributed by atoms with E-state index in [1.807, 2.05) is 30.3 Å². The largest absolute Gasteiger partial charge is 0.354 e. The molecule has 0 spiro atoms. The fraction of sp³-hybridized carbons (Fsp3) is 0.278. The van der Waals surface area contributed by atoms with Crippen LogP contribution in [0.5, 0.6) is 0 Å². The quantitative estimate of drug-likeness (QED) is 0.667. The highest BCUT2D eigenvalue weighted by molar-refractivity contribution is 5.93. The molecular weight excluding hydrogens is 304 g/mol. The van der Waals surface area contributed by atoms with Crippen molar-refractivity contribution in [2.24, 2.45) is 11.7 Å². The lowest BCUT2D eigenvalue weighted by Gasteiger charge is -2.19. The Morgan fingerprint density at radius 2 is 1.79 bits per heavy atom. The van der Waals surface area contributed by atoms with Gasteiger partial charge in [0.05, 0.1) is 11.5 Å². The Morgan fingerprint density at radius 3 is 2.46 bits per heavy atom. The van der Waals surface area contributed by atoms with Gasteiger partial charge < -0.3 is 16.4 Å². The average Bonchev–Trinajstić information content (AvgIpc) is 2.65. The summed E-state index contributed by atoms with van der Waals surface area (Å²) >= 11 is 0.